The highest BCUT2D eigenvalue weighted by Crippen LogP contribution is 2.25. The number of benzene rings is 3. The van der Waals surface area contributed by atoms with Crippen LogP contribution in [0.4, 0.5) is 5.69 Å². The van der Waals surface area contributed by atoms with Crippen molar-refractivity contribution in [3.8, 4) is 0 Å². The van der Waals surface area contributed by atoms with Crippen LogP contribution >= 0.6 is 11.6 Å². The Morgan fingerprint density at radius 3 is 2.13 bits per heavy atom. The fraction of sp³-hybridized carbons (Fsp3) is 0.333. The molecule has 0 aliphatic rings. The molecule has 0 bridgehead atoms. The van der Waals surface area contributed by atoms with Gasteiger partial charge in [0.25, 0.3) is 0 Å². The molecule has 0 spiro atoms. The summed E-state index contributed by atoms with van der Waals surface area (Å²) in [5, 5.41) is 3.38. The molecule has 2 amide bonds. The number of hydrogen-bond acceptors (Lipinski definition) is 4. The van der Waals surface area contributed by atoms with Crippen molar-refractivity contribution in [2.24, 2.45) is 0 Å². The Morgan fingerprint density at radius 2 is 1.51 bits per heavy atom. The second-order valence-electron chi connectivity index (χ2n) is 9.36. The van der Waals surface area contributed by atoms with E-state index in [1.165, 1.54) is 4.90 Å². The highest BCUT2D eigenvalue weighted by atomic mass is 35.5. The Morgan fingerprint density at radius 1 is 0.897 bits per heavy atom. The molecular weight excluding hydrogens is 534 g/mol. The van der Waals surface area contributed by atoms with Gasteiger partial charge in [-0.05, 0) is 41.7 Å². The maximum Gasteiger partial charge on any atom is 0.244 e. The van der Waals surface area contributed by atoms with Crippen molar-refractivity contribution < 1.29 is 18.0 Å². The topological polar surface area (TPSA) is 86.8 Å². The van der Waals surface area contributed by atoms with Gasteiger partial charge in [-0.1, -0.05) is 92.2 Å². The highest BCUT2D eigenvalue weighted by molar-refractivity contribution is 7.92. The third-order valence-corrected chi connectivity index (χ3v) is 7.93. The van der Waals surface area contributed by atoms with Crippen molar-refractivity contribution in [3.05, 3.63) is 101 Å². The van der Waals surface area contributed by atoms with Gasteiger partial charge in [-0.25, -0.2) is 8.42 Å². The number of nitrogens with zero attached hydrogens (tertiary/aromatic N) is 2. The number of nitrogens with one attached hydrogen (secondary N) is 1. The minimum absolute atomic E-state index is 0.0442. The zero-order valence-electron chi connectivity index (χ0n) is 22.6. The number of hydrogen-bond donors (Lipinski definition) is 1. The standard InChI is InChI=1S/C30H36ClN3O4S/c1-4-19-32-30(36)28(20-23-13-7-6-8-14-23)33(21-25-16-9-11-17-26(25)31)29(35)22-34(39(3,37)38)27-18-12-10-15-24(27)5-2/h6-18,28H,4-5,19-22H2,1-3H3,(H,32,36)/t28-/m0/s1. The summed E-state index contributed by atoms with van der Waals surface area (Å²) in [7, 11) is -3.82. The fourth-order valence-corrected chi connectivity index (χ4v) is 5.45. The molecule has 7 nitrogen and oxygen atoms in total. The van der Waals surface area contributed by atoms with Crippen LogP contribution in [0.2, 0.25) is 5.02 Å². The van der Waals surface area contributed by atoms with Crippen LogP contribution in [-0.2, 0) is 39.0 Å². The molecule has 0 unspecified atom stereocenters. The normalized spacial score (nSPS) is 12.0. The van der Waals surface area contributed by atoms with Crippen LogP contribution in [-0.4, -0.2) is 50.5 Å². The second kappa shape index (κ2) is 14.1. The van der Waals surface area contributed by atoms with Crippen LogP contribution < -0.4 is 9.62 Å². The number of carbonyl (C=O) groups excluding carboxylic acids is 2. The van der Waals surface area contributed by atoms with E-state index in [2.05, 4.69) is 5.32 Å². The minimum atomic E-state index is -3.82. The molecule has 0 fully saturated rings. The second-order valence-corrected chi connectivity index (χ2v) is 11.7. The van der Waals surface area contributed by atoms with E-state index in [0.29, 0.717) is 29.2 Å². The lowest BCUT2D eigenvalue weighted by molar-refractivity contribution is -0.140. The summed E-state index contributed by atoms with van der Waals surface area (Å²) in [5.41, 5.74) is 2.79. The average molecular weight is 570 g/mol. The van der Waals surface area contributed by atoms with Crippen LogP contribution in [0.5, 0.6) is 0 Å². The number of halogens is 1. The predicted molar refractivity (Wildman–Crippen MR) is 157 cm³/mol. The number of aryl methyl sites for hydroxylation is 1. The molecule has 0 saturated heterocycles. The Kier molecular flexibility index (Phi) is 10.9. The number of para-hydroxylation sites is 1. The molecule has 3 rings (SSSR count). The summed E-state index contributed by atoms with van der Waals surface area (Å²) in [5.74, 6) is -0.806. The van der Waals surface area contributed by atoms with Gasteiger partial charge in [0.15, 0.2) is 0 Å². The molecule has 39 heavy (non-hydrogen) atoms. The summed E-state index contributed by atoms with van der Waals surface area (Å²) < 4.78 is 27.0. The van der Waals surface area contributed by atoms with Crippen molar-refractivity contribution in [1.29, 1.82) is 0 Å². The predicted octanol–water partition coefficient (Wildman–Crippen LogP) is 4.83. The molecule has 1 atom stereocenters. The van der Waals surface area contributed by atoms with E-state index in [0.717, 1.165) is 28.1 Å². The molecule has 208 valence electrons. The maximum atomic E-state index is 14.1. The molecular formula is C30H36ClN3O4S. The lowest BCUT2D eigenvalue weighted by atomic mass is 10.0. The molecule has 0 saturated carbocycles. The molecule has 0 radical (unpaired) electrons. The van der Waals surface area contributed by atoms with Crippen molar-refractivity contribution >= 4 is 39.1 Å². The lowest BCUT2D eigenvalue weighted by Crippen LogP contribution is -2.53. The van der Waals surface area contributed by atoms with Gasteiger partial charge in [-0.2, -0.15) is 0 Å². The van der Waals surface area contributed by atoms with Gasteiger partial charge in [0.1, 0.15) is 12.6 Å². The minimum Gasteiger partial charge on any atom is -0.354 e. The molecule has 0 heterocycles. The van der Waals surface area contributed by atoms with Crippen LogP contribution in [0.15, 0.2) is 78.9 Å². The molecule has 0 aliphatic heterocycles. The van der Waals surface area contributed by atoms with E-state index in [4.69, 9.17) is 11.6 Å². The highest BCUT2D eigenvalue weighted by Gasteiger charge is 2.33. The maximum absolute atomic E-state index is 14.1. The van der Waals surface area contributed by atoms with Crippen molar-refractivity contribution in [2.45, 2.75) is 45.7 Å². The number of sulfonamides is 1. The monoisotopic (exact) mass is 569 g/mol. The molecule has 3 aromatic carbocycles. The quantitative estimate of drug-likeness (QED) is 0.319. The Hall–Kier alpha value is -3.36. The van der Waals surface area contributed by atoms with Gasteiger partial charge in [0, 0.05) is 24.5 Å². The first-order chi connectivity index (χ1) is 18.7. The van der Waals surface area contributed by atoms with Gasteiger partial charge in [-0.15, -0.1) is 0 Å². The van der Waals surface area contributed by atoms with E-state index >= 15 is 0 Å². The Labute approximate surface area is 236 Å². The van der Waals surface area contributed by atoms with Gasteiger partial charge >= 0.3 is 0 Å². The van der Waals surface area contributed by atoms with Crippen molar-refractivity contribution in [3.63, 3.8) is 0 Å². The van der Waals surface area contributed by atoms with Crippen molar-refractivity contribution in [2.75, 3.05) is 23.7 Å². The van der Waals surface area contributed by atoms with Crippen LogP contribution in [0.1, 0.15) is 37.0 Å². The van der Waals surface area contributed by atoms with Crippen LogP contribution in [0.3, 0.4) is 0 Å². The van der Waals surface area contributed by atoms with Crippen LogP contribution in [0, 0.1) is 0 Å². The first-order valence-electron chi connectivity index (χ1n) is 13.1. The van der Waals surface area contributed by atoms with Crippen LogP contribution in [0.25, 0.3) is 0 Å². The first kappa shape index (κ1) is 30.2. The van der Waals surface area contributed by atoms with Gasteiger partial charge in [-0.3, -0.25) is 13.9 Å². The lowest BCUT2D eigenvalue weighted by Gasteiger charge is -2.34. The van der Waals surface area contributed by atoms with E-state index in [9.17, 15) is 18.0 Å². The number of anilines is 1. The average Bonchev–Trinajstić information content (AvgIpc) is 2.93. The third-order valence-electron chi connectivity index (χ3n) is 6.44. The Bertz CT molecular complexity index is 1370. The summed E-state index contributed by atoms with van der Waals surface area (Å²) in [6.07, 6.45) is 2.67. The molecule has 0 aromatic heterocycles. The summed E-state index contributed by atoms with van der Waals surface area (Å²) >= 11 is 6.47. The van der Waals surface area contributed by atoms with E-state index in [1.807, 2.05) is 62.4 Å². The number of amides is 2. The molecule has 0 aliphatic carbocycles. The SMILES string of the molecule is CCCNC(=O)[C@H](Cc1ccccc1)N(Cc1ccccc1Cl)C(=O)CN(c1ccccc1CC)S(C)(=O)=O. The van der Waals surface area contributed by atoms with Gasteiger partial charge in [0.05, 0.1) is 11.9 Å². The largest absolute Gasteiger partial charge is 0.354 e. The molecule has 1 N–H and O–H groups in total. The van der Waals surface area contributed by atoms with E-state index in [1.54, 1.807) is 30.3 Å². The fourth-order valence-electron chi connectivity index (χ4n) is 4.38. The Balaban J connectivity index is 2.07. The number of carbonyl (C=O) groups is 2. The molecule has 9 heteroatoms. The number of rotatable bonds is 13. The molecule has 3 aromatic rings. The zero-order valence-corrected chi connectivity index (χ0v) is 24.2. The van der Waals surface area contributed by atoms with E-state index in [-0.39, 0.29) is 18.9 Å². The van der Waals surface area contributed by atoms with E-state index < -0.39 is 28.5 Å². The van der Waals surface area contributed by atoms with Gasteiger partial charge < -0.3 is 10.2 Å². The van der Waals surface area contributed by atoms with Crippen molar-refractivity contribution in [1.82, 2.24) is 10.2 Å². The first-order valence-corrected chi connectivity index (χ1v) is 15.3. The van der Waals surface area contributed by atoms with Gasteiger partial charge in [0.2, 0.25) is 21.8 Å². The summed E-state index contributed by atoms with van der Waals surface area (Å²) in [6.45, 7) is 3.93. The third kappa shape index (κ3) is 8.31. The summed E-state index contributed by atoms with van der Waals surface area (Å²) in [4.78, 5) is 29.1. The smallest absolute Gasteiger partial charge is 0.244 e. The summed E-state index contributed by atoms with van der Waals surface area (Å²) in [6, 6.07) is 22.8. The zero-order chi connectivity index (χ0) is 28.4.